The van der Waals surface area contributed by atoms with Crippen LogP contribution >= 0.6 is 0 Å². The van der Waals surface area contributed by atoms with Crippen molar-refractivity contribution in [1.82, 2.24) is 0 Å². The zero-order chi connectivity index (χ0) is 0. The average molecular weight is 356 g/mol. The second-order valence-corrected chi connectivity index (χ2v) is 0. The molecule has 0 spiro atoms. The van der Waals surface area contributed by atoms with Crippen LogP contribution in [0.1, 0.15) is 0 Å². The third-order valence-electron chi connectivity index (χ3n) is 0. The summed E-state index contributed by atoms with van der Waals surface area (Å²) in [6, 6.07) is 0. The van der Waals surface area contributed by atoms with Crippen LogP contribution in [0.2, 0.25) is 0 Å². The fourth-order valence-electron chi connectivity index (χ4n) is 0. The van der Waals surface area contributed by atoms with Gasteiger partial charge >= 0.3 is 48.9 Å². The Labute approximate surface area is 115 Å². The van der Waals surface area contributed by atoms with Gasteiger partial charge in [-0.25, -0.2) is 0 Å². The summed E-state index contributed by atoms with van der Waals surface area (Å²) >= 11 is 0. The molecule has 2 radical (unpaired) electrons. The van der Waals surface area contributed by atoms with E-state index < -0.39 is 0 Å². The maximum absolute atomic E-state index is 0. The van der Waals surface area contributed by atoms with Crippen molar-refractivity contribution in [3.8, 4) is 0 Å². The minimum absolute atomic E-state index is 0. The van der Waals surface area contributed by atoms with Gasteiger partial charge < -0.3 is 5.48 Å². The minimum Gasteiger partial charge on any atom is 0 e. The molecule has 0 rings (SSSR count). The molecular weight excluding hydrogens is 352 g/mol. The van der Waals surface area contributed by atoms with Gasteiger partial charge in [-0.2, -0.15) is 0 Å². The topological polar surface area (TPSA) is 31.5 Å². The van der Waals surface area contributed by atoms with Gasteiger partial charge in [0.15, 0.2) is 0 Å². The summed E-state index contributed by atoms with van der Waals surface area (Å²) in [6.07, 6.45) is 0. The van der Waals surface area contributed by atoms with Crippen LogP contribution in [0.4, 0.5) is 4.70 Å². The Balaban J connectivity index is 0. The molecule has 5 heavy (non-hydrogen) atoms. The molecule has 26 valence electrons. The number of hydrogen-bond donors (Lipinski definition) is 0. The maximum atomic E-state index is 0. The van der Waals surface area contributed by atoms with Crippen LogP contribution in [0.25, 0.3) is 0 Å². The predicted molar refractivity (Wildman–Crippen MR) is 13.3 cm³/mol. The van der Waals surface area contributed by atoms with Crippen LogP contribution in [-0.2, 0) is 58.9 Å². The van der Waals surface area contributed by atoms with Gasteiger partial charge in [-0.05, 0) is 0 Å². The van der Waals surface area contributed by atoms with E-state index in [9.17, 15) is 0 Å². The first-order chi connectivity index (χ1) is 0. The van der Waals surface area contributed by atoms with Gasteiger partial charge in [0.2, 0.25) is 0 Å². The molecule has 0 amide bonds. The molecule has 0 aromatic carbocycles. The van der Waals surface area contributed by atoms with E-state index in [2.05, 4.69) is 0 Å². The number of rotatable bonds is 0. The molecule has 0 saturated carbocycles. The largest absolute Gasteiger partial charge is 0 e. The maximum Gasteiger partial charge on any atom is 0 e. The van der Waals surface area contributed by atoms with Crippen LogP contribution in [0, 0.1) is 0 Å². The van der Waals surface area contributed by atoms with Gasteiger partial charge in [-0.3, -0.25) is 0 Å². The van der Waals surface area contributed by atoms with Gasteiger partial charge in [0.25, 0.3) is 0 Å². The first-order valence-corrected chi connectivity index (χ1v) is 0. The fraction of sp³-hybridized carbons (Fsp3) is 0. The van der Waals surface area contributed by atoms with Gasteiger partial charge in [0, 0.05) is 63.6 Å². The molecule has 0 saturated heterocycles. The molecular formula is H4BaFOYZr. The van der Waals surface area contributed by atoms with Crippen molar-refractivity contribution in [3.63, 3.8) is 0 Å². The molecule has 0 aliphatic carbocycles. The Kier molecular flexibility index (Phi) is 205. The summed E-state index contributed by atoms with van der Waals surface area (Å²) in [5.74, 6) is 0. The predicted octanol–water partition coefficient (Wildman–Crippen LogP) is -1.33. The van der Waals surface area contributed by atoms with Gasteiger partial charge in [-0.1, -0.05) is 0 Å². The van der Waals surface area contributed by atoms with E-state index in [0.29, 0.717) is 0 Å². The molecule has 1 nitrogen and oxygen atoms in total. The summed E-state index contributed by atoms with van der Waals surface area (Å²) in [4.78, 5) is 0. The monoisotopic (exact) mass is 356 g/mol. The van der Waals surface area contributed by atoms with E-state index >= 15 is 0 Å². The van der Waals surface area contributed by atoms with Crippen molar-refractivity contribution in [2.75, 3.05) is 0 Å². The van der Waals surface area contributed by atoms with Crippen LogP contribution in [0.15, 0.2) is 0 Å². The van der Waals surface area contributed by atoms with Crippen molar-refractivity contribution >= 4 is 48.9 Å². The van der Waals surface area contributed by atoms with Gasteiger partial charge in [-0.15, -0.1) is 0 Å². The average Bonchev–Trinajstić information content (AvgIpc) is 0. The second kappa shape index (κ2) is 26.0. The summed E-state index contributed by atoms with van der Waals surface area (Å²) < 4.78 is 0. The molecule has 0 atom stereocenters. The second-order valence-electron chi connectivity index (χ2n) is 0. The SMILES string of the molecule is O.[BaH2].[F].[Y].[Zr]. The summed E-state index contributed by atoms with van der Waals surface area (Å²) in [5.41, 5.74) is 0. The number of hydrogen-bond acceptors (Lipinski definition) is 0. The molecule has 5 heteroatoms. The van der Waals surface area contributed by atoms with Crippen molar-refractivity contribution in [1.29, 1.82) is 0 Å². The molecule has 0 fully saturated rings. The normalized spacial score (nSPS) is 0. The molecule has 0 aromatic rings. The van der Waals surface area contributed by atoms with E-state index in [1.165, 1.54) is 0 Å². The number of halogens is 1. The molecule has 2 N–H and O–H groups in total. The summed E-state index contributed by atoms with van der Waals surface area (Å²) in [6.45, 7) is 0. The Morgan fingerprint density at radius 2 is 1.00 bits per heavy atom. The van der Waals surface area contributed by atoms with E-state index in [-0.39, 0.29) is 118 Å². The standard InChI is InChI=1S/Ba.F.H2O.Y.Zr.2H/h;;1H2;;;;. The first-order valence-electron chi connectivity index (χ1n) is 0. The van der Waals surface area contributed by atoms with Gasteiger partial charge in [0.05, 0.1) is 0 Å². The van der Waals surface area contributed by atoms with E-state index in [0.717, 1.165) is 0 Å². The Morgan fingerprint density at radius 3 is 1.00 bits per heavy atom. The van der Waals surface area contributed by atoms with Crippen molar-refractivity contribution in [3.05, 3.63) is 0 Å². The third kappa shape index (κ3) is 18.6. The van der Waals surface area contributed by atoms with Crippen LogP contribution in [-0.4, -0.2) is 54.4 Å². The fourth-order valence-corrected chi connectivity index (χ4v) is 0. The Bertz CT molecular complexity index is 11.6. The third-order valence-corrected chi connectivity index (χ3v) is 0. The molecule has 0 aromatic heterocycles. The zero-order valence-electron chi connectivity index (χ0n) is 1.96. The molecule has 0 heterocycles. The molecule has 0 aliphatic heterocycles. The molecule has 0 bridgehead atoms. The summed E-state index contributed by atoms with van der Waals surface area (Å²) in [5, 5.41) is 0. The summed E-state index contributed by atoms with van der Waals surface area (Å²) in [7, 11) is 0. The van der Waals surface area contributed by atoms with E-state index in [1.54, 1.807) is 0 Å². The molecule has 0 aliphatic rings. The van der Waals surface area contributed by atoms with Crippen LogP contribution < -0.4 is 0 Å². The van der Waals surface area contributed by atoms with Crippen LogP contribution in [0.5, 0.6) is 0 Å². The van der Waals surface area contributed by atoms with Crippen molar-refractivity contribution in [2.45, 2.75) is 0 Å². The van der Waals surface area contributed by atoms with Gasteiger partial charge in [0.1, 0.15) is 0 Å². The zero-order valence-corrected chi connectivity index (χ0v) is 7.25. The van der Waals surface area contributed by atoms with E-state index in [4.69, 9.17) is 0 Å². The minimum atomic E-state index is 0. The smallest absolute Gasteiger partial charge is 0 e. The van der Waals surface area contributed by atoms with Crippen molar-refractivity contribution < 1.29 is 69.1 Å². The Morgan fingerprint density at radius 1 is 1.00 bits per heavy atom. The quantitative estimate of drug-likeness (QED) is 0.482. The first kappa shape index (κ1) is 39.4. The van der Waals surface area contributed by atoms with E-state index in [1.807, 2.05) is 0 Å². The Hall–Kier alpha value is 3.45. The molecule has 0 unspecified atom stereocenters. The van der Waals surface area contributed by atoms with Crippen molar-refractivity contribution in [2.24, 2.45) is 0 Å². The van der Waals surface area contributed by atoms with Crippen LogP contribution in [0.3, 0.4) is 0 Å².